The van der Waals surface area contributed by atoms with E-state index in [0.717, 1.165) is 17.5 Å². The van der Waals surface area contributed by atoms with Crippen LogP contribution in [-0.4, -0.2) is 0 Å². The number of benzene rings is 3. The minimum atomic E-state index is -0.201. The van der Waals surface area contributed by atoms with Crippen LogP contribution in [-0.2, 0) is 6.42 Å². The Balaban J connectivity index is 1.49. The summed E-state index contributed by atoms with van der Waals surface area (Å²) in [4.78, 5) is 0. The lowest BCUT2D eigenvalue weighted by atomic mass is 9.94. The highest BCUT2D eigenvalue weighted by molar-refractivity contribution is 5.69. The molecule has 1 atom stereocenters. The van der Waals surface area contributed by atoms with Gasteiger partial charge in [0.1, 0.15) is 5.82 Å². The van der Waals surface area contributed by atoms with Crippen LogP contribution in [0.1, 0.15) is 47.9 Å². The summed E-state index contributed by atoms with van der Waals surface area (Å²) in [5, 5.41) is 0. The number of aryl methyl sites for hydroxylation is 1. The number of hydrogen-bond donors (Lipinski definition) is 0. The van der Waals surface area contributed by atoms with E-state index in [1.54, 1.807) is 12.1 Å². The molecule has 0 radical (unpaired) electrons. The highest BCUT2D eigenvalue weighted by Gasteiger charge is 2.04. The first kappa shape index (κ1) is 18.1. The predicted molar refractivity (Wildman–Crippen MR) is 110 cm³/mol. The van der Waals surface area contributed by atoms with E-state index < -0.39 is 0 Å². The van der Waals surface area contributed by atoms with E-state index in [9.17, 15) is 4.39 Å². The van der Waals surface area contributed by atoms with Crippen molar-refractivity contribution >= 4 is 12.2 Å². The van der Waals surface area contributed by atoms with Gasteiger partial charge in [-0.05, 0) is 59.6 Å². The summed E-state index contributed by atoms with van der Waals surface area (Å²) in [5.41, 5.74) is 4.97. The average molecular weight is 344 g/mol. The van der Waals surface area contributed by atoms with Gasteiger partial charge in [0.05, 0.1) is 0 Å². The lowest BCUT2D eigenvalue weighted by Gasteiger charge is -2.11. The Labute approximate surface area is 156 Å². The highest BCUT2D eigenvalue weighted by atomic mass is 19.1. The molecule has 0 aromatic heterocycles. The van der Waals surface area contributed by atoms with Gasteiger partial charge in [0.25, 0.3) is 0 Å². The molecule has 0 unspecified atom stereocenters. The van der Waals surface area contributed by atoms with Crippen LogP contribution in [0, 0.1) is 5.82 Å². The molecule has 0 spiro atoms. The summed E-state index contributed by atoms with van der Waals surface area (Å²) in [6.07, 6.45) is 7.58. The van der Waals surface area contributed by atoms with Gasteiger partial charge < -0.3 is 0 Å². The van der Waals surface area contributed by atoms with E-state index in [2.05, 4.69) is 67.6 Å². The molecule has 3 rings (SSSR count). The SMILES string of the molecule is C[C@@H](CCCc1ccc(C=Cc2ccc(F)cc2)cc1)c1ccccc1. The van der Waals surface area contributed by atoms with E-state index in [1.165, 1.54) is 36.1 Å². The maximum atomic E-state index is 12.9. The second-order valence-electron chi connectivity index (χ2n) is 6.83. The third kappa shape index (κ3) is 5.42. The molecule has 3 aromatic rings. The molecular formula is C25H25F. The Hall–Kier alpha value is -2.67. The van der Waals surface area contributed by atoms with Crippen molar-refractivity contribution in [1.82, 2.24) is 0 Å². The Morgan fingerprint density at radius 1 is 0.769 bits per heavy atom. The smallest absolute Gasteiger partial charge is 0.123 e. The molecule has 0 fully saturated rings. The first-order valence-electron chi connectivity index (χ1n) is 9.28. The third-order valence-corrected chi connectivity index (χ3v) is 4.79. The van der Waals surface area contributed by atoms with Crippen molar-refractivity contribution in [2.75, 3.05) is 0 Å². The molecule has 0 saturated carbocycles. The van der Waals surface area contributed by atoms with Crippen molar-refractivity contribution in [1.29, 1.82) is 0 Å². The van der Waals surface area contributed by atoms with Crippen LogP contribution in [0.2, 0.25) is 0 Å². The zero-order valence-corrected chi connectivity index (χ0v) is 15.2. The van der Waals surface area contributed by atoms with Crippen molar-refractivity contribution in [3.63, 3.8) is 0 Å². The summed E-state index contributed by atoms with van der Waals surface area (Å²) >= 11 is 0. The number of hydrogen-bond acceptors (Lipinski definition) is 0. The topological polar surface area (TPSA) is 0 Å². The van der Waals surface area contributed by atoms with Gasteiger partial charge in [-0.1, -0.05) is 85.8 Å². The summed E-state index contributed by atoms with van der Waals surface area (Å²) in [7, 11) is 0. The Morgan fingerprint density at radius 3 is 1.96 bits per heavy atom. The molecule has 26 heavy (non-hydrogen) atoms. The van der Waals surface area contributed by atoms with Gasteiger partial charge in [-0.2, -0.15) is 0 Å². The first-order valence-corrected chi connectivity index (χ1v) is 9.28. The van der Waals surface area contributed by atoms with Crippen LogP contribution in [0.5, 0.6) is 0 Å². The van der Waals surface area contributed by atoms with Crippen LogP contribution in [0.4, 0.5) is 4.39 Å². The van der Waals surface area contributed by atoms with Gasteiger partial charge in [-0.3, -0.25) is 0 Å². The monoisotopic (exact) mass is 344 g/mol. The largest absolute Gasteiger partial charge is 0.207 e. The molecule has 0 saturated heterocycles. The zero-order valence-electron chi connectivity index (χ0n) is 15.2. The van der Waals surface area contributed by atoms with Gasteiger partial charge in [0.2, 0.25) is 0 Å². The van der Waals surface area contributed by atoms with Crippen molar-refractivity contribution in [2.24, 2.45) is 0 Å². The molecule has 0 amide bonds. The second-order valence-corrected chi connectivity index (χ2v) is 6.83. The minimum absolute atomic E-state index is 0.201. The predicted octanol–water partition coefficient (Wildman–Crippen LogP) is 7.12. The molecule has 0 aliphatic rings. The fourth-order valence-electron chi connectivity index (χ4n) is 3.12. The van der Waals surface area contributed by atoms with E-state index in [4.69, 9.17) is 0 Å². The number of rotatable bonds is 7. The molecule has 0 heterocycles. The summed E-state index contributed by atoms with van der Waals surface area (Å²) in [6.45, 7) is 2.30. The maximum Gasteiger partial charge on any atom is 0.123 e. The Morgan fingerprint density at radius 2 is 1.35 bits per heavy atom. The minimum Gasteiger partial charge on any atom is -0.207 e. The fourth-order valence-corrected chi connectivity index (χ4v) is 3.12. The van der Waals surface area contributed by atoms with Gasteiger partial charge in [0, 0.05) is 0 Å². The van der Waals surface area contributed by atoms with Crippen LogP contribution >= 0.6 is 0 Å². The van der Waals surface area contributed by atoms with Gasteiger partial charge >= 0.3 is 0 Å². The quantitative estimate of drug-likeness (QED) is 0.400. The molecule has 3 aromatic carbocycles. The van der Waals surface area contributed by atoms with E-state index in [0.29, 0.717) is 5.92 Å². The molecule has 1 heteroatoms. The van der Waals surface area contributed by atoms with Gasteiger partial charge in [-0.15, -0.1) is 0 Å². The lowest BCUT2D eigenvalue weighted by Crippen LogP contribution is -1.95. The molecule has 0 aliphatic carbocycles. The summed E-state index contributed by atoms with van der Waals surface area (Å²) in [6, 6.07) is 26.0. The van der Waals surface area contributed by atoms with Crippen LogP contribution in [0.3, 0.4) is 0 Å². The first-order chi connectivity index (χ1) is 12.7. The molecule has 0 N–H and O–H groups in total. The van der Waals surface area contributed by atoms with Crippen LogP contribution in [0.25, 0.3) is 12.2 Å². The Bertz CT molecular complexity index is 814. The molecule has 0 bridgehead atoms. The van der Waals surface area contributed by atoms with E-state index in [-0.39, 0.29) is 5.82 Å². The van der Waals surface area contributed by atoms with Crippen LogP contribution < -0.4 is 0 Å². The van der Waals surface area contributed by atoms with Crippen LogP contribution in [0.15, 0.2) is 78.9 Å². The highest BCUT2D eigenvalue weighted by Crippen LogP contribution is 2.21. The molecular weight excluding hydrogens is 319 g/mol. The van der Waals surface area contributed by atoms with Crippen molar-refractivity contribution in [3.05, 3.63) is 107 Å². The maximum absolute atomic E-state index is 12.9. The van der Waals surface area contributed by atoms with E-state index in [1.807, 2.05) is 6.08 Å². The summed E-state index contributed by atoms with van der Waals surface area (Å²) < 4.78 is 12.9. The average Bonchev–Trinajstić information content (AvgIpc) is 2.69. The van der Waals surface area contributed by atoms with Crippen molar-refractivity contribution in [2.45, 2.75) is 32.1 Å². The molecule has 0 aliphatic heterocycles. The van der Waals surface area contributed by atoms with Crippen molar-refractivity contribution < 1.29 is 4.39 Å². The van der Waals surface area contributed by atoms with Gasteiger partial charge in [-0.25, -0.2) is 4.39 Å². The molecule has 132 valence electrons. The number of halogens is 1. The third-order valence-electron chi connectivity index (χ3n) is 4.79. The van der Waals surface area contributed by atoms with Gasteiger partial charge in [0.15, 0.2) is 0 Å². The molecule has 0 nitrogen and oxygen atoms in total. The van der Waals surface area contributed by atoms with E-state index >= 15 is 0 Å². The van der Waals surface area contributed by atoms with Crippen molar-refractivity contribution in [3.8, 4) is 0 Å². The lowest BCUT2D eigenvalue weighted by molar-refractivity contribution is 0.628. The second kappa shape index (κ2) is 9.15. The Kier molecular flexibility index (Phi) is 6.38. The fraction of sp³-hybridized carbons (Fsp3) is 0.200. The normalized spacial score (nSPS) is 12.4. The zero-order chi connectivity index (χ0) is 18.2. The standard InChI is InChI=1S/C25H25F/c1-20(24-8-3-2-4-9-24)6-5-7-21-10-12-22(13-11-21)14-15-23-16-18-25(26)19-17-23/h2-4,8-20H,5-7H2,1H3/t20-/m0/s1. The summed E-state index contributed by atoms with van der Waals surface area (Å²) in [5.74, 6) is 0.405.